The first kappa shape index (κ1) is 22.2. The number of piperazine rings is 1. The maximum absolute atomic E-state index is 5.39. The molecule has 0 unspecified atom stereocenters. The van der Waals surface area contributed by atoms with Gasteiger partial charge in [0.1, 0.15) is 6.54 Å². The molecule has 0 amide bonds. The highest BCUT2D eigenvalue weighted by Gasteiger charge is 2.20. The van der Waals surface area contributed by atoms with Crippen molar-refractivity contribution in [1.82, 2.24) is 20.3 Å². The molecule has 0 spiro atoms. The fraction of sp³-hybridized carbons (Fsp3) is 0.778. The molecule has 1 aliphatic rings. The highest BCUT2D eigenvalue weighted by atomic mass is 127. The molecule has 1 aromatic rings. The first-order chi connectivity index (χ1) is 11.5. The molecule has 1 saturated heterocycles. The second kappa shape index (κ2) is 11.0. The normalized spacial score (nSPS) is 16.4. The van der Waals surface area contributed by atoms with Crippen molar-refractivity contribution in [3.63, 3.8) is 0 Å². The summed E-state index contributed by atoms with van der Waals surface area (Å²) < 4.78 is 5.39. The first-order valence-electron chi connectivity index (χ1n) is 9.20. The van der Waals surface area contributed by atoms with Gasteiger partial charge in [0.25, 0.3) is 0 Å². The minimum absolute atomic E-state index is 0. The number of guanidine groups is 1. The Labute approximate surface area is 169 Å². The fourth-order valence-electron chi connectivity index (χ4n) is 2.91. The lowest BCUT2D eigenvalue weighted by Gasteiger charge is -2.37. The molecule has 0 aliphatic carbocycles. The maximum atomic E-state index is 5.39. The highest BCUT2D eigenvalue weighted by Crippen LogP contribution is 2.15. The van der Waals surface area contributed by atoms with Crippen LogP contribution in [-0.4, -0.2) is 60.2 Å². The van der Waals surface area contributed by atoms with Gasteiger partial charge in [0.2, 0.25) is 0 Å². The summed E-state index contributed by atoms with van der Waals surface area (Å²) in [6.45, 7) is 17.7. The largest absolute Gasteiger partial charge is 0.359 e. The third-order valence-electron chi connectivity index (χ3n) is 4.18. The molecule has 144 valence electrons. The Morgan fingerprint density at radius 2 is 1.92 bits per heavy atom. The predicted octanol–water partition coefficient (Wildman–Crippen LogP) is 3.16. The number of hydrogen-bond acceptors (Lipinski definition) is 4. The van der Waals surface area contributed by atoms with E-state index in [1.165, 1.54) is 6.54 Å². The van der Waals surface area contributed by atoms with Crippen LogP contribution in [0.1, 0.15) is 52.0 Å². The van der Waals surface area contributed by atoms with Crippen LogP contribution in [0.2, 0.25) is 0 Å². The Hall–Kier alpha value is -0.830. The van der Waals surface area contributed by atoms with Crippen LogP contribution in [-0.2, 0) is 6.54 Å². The Morgan fingerprint density at radius 1 is 1.24 bits per heavy atom. The van der Waals surface area contributed by atoms with Gasteiger partial charge < -0.3 is 14.7 Å². The van der Waals surface area contributed by atoms with E-state index in [4.69, 9.17) is 9.52 Å². The minimum atomic E-state index is 0. The van der Waals surface area contributed by atoms with Crippen LogP contribution in [0.5, 0.6) is 0 Å². The van der Waals surface area contributed by atoms with E-state index >= 15 is 0 Å². The molecule has 0 radical (unpaired) electrons. The second-order valence-electron chi connectivity index (χ2n) is 7.22. The van der Waals surface area contributed by atoms with Crippen molar-refractivity contribution < 1.29 is 4.52 Å². The minimum Gasteiger partial charge on any atom is -0.359 e. The van der Waals surface area contributed by atoms with Gasteiger partial charge in [-0.3, -0.25) is 4.90 Å². The lowest BCUT2D eigenvalue weighted by Crippen LogP contribution is -2.53. The van der Waals surface area contributed by atoms with Crippen LogP contribution < -0.4 is 5.32 Å². The summed E-state index contributed by atoms with van der Waals surface area (Å²) in [5.74, 6) is 2.91. The van der Waals surface area contributed by atoms with Crippen molar-refractivity contribution in [3.8, 4) is 0 Å². The van der Waals surface area contributed by atoms with Crippen molar-refractivity contribution in [3.05, 3.63) is 17.5 Å². The number of aromatic nitrogens is 1. The molecule has 2 heterocycles. The summed E-state index contributed by atoms with van der Waals surface area (Å²) in [7, 11) is 0. The van der Waals surface area contributed by atoms with E-state index < -0.39 is 0 Å². The standard InChI is InChI=1S/C18H33N5O.HI/c1-6-19-18(20-12-16-11-17(15(4)5)21-24-16)23-9-7-22(8-10-23)13-14(2)3;/h11,14-15H,6-10,12-13H2,1-5H3,(H,19,20);1H. The molecule has 6 nitrogen and oxygen atoms in total. The van der Waals surface area contributed by atoms with Crippen LogP contribution in [0.4, 0.5) is 0 Å². The van der Waals surface area contributed by atoms with E-state index in [0.29, 0.717) is 12.5 Å². The lowest BCUT2D eigenvalue weighted by atomic mass is 10.1. The van der Waals surface area contributed by atoms with Gasteiger partial charge in [-0.05, 0) is 18.8 Å². The zero-order valence-electron chi connectivity index (χ0n) is 16.3. The fourth-order valence-corrected chi connectivity index (χ4v) is 2.91. The molecule has 1 aromatic heterocycles. The van der Waals surface area contributed by atoms with Crippen LogP contribution in [0.15, 0.2) is 15.6 Å². The Morgan fingerprint density at radius 3 is 2.44 bits per heavy atom. The monoisotopic (exact) mass is 463 g/mol. The molecular formula is C18H34IN5O. The highest BCUT2D eigenvalue weighted by molar-refractivity contribution is 14.0. The Balaban J connectivity index is 0.00000312. The average Bonchev–Trinajstić information content (AvgIpc) is 3.01. The van der Waals surface area contributed by atoms with Gasteiger partial charge in [0.05, 0.1) is 5.69 Å². The van der Waals surface area contributed by atoms with E-state index in [-0.39, 0.29) is 24.0 Å². The van der Waals surface area contributed by atoms with Crippen molar-refractivity contribution >= 4 is 29.9 Å². The molecule has 0 bridgehead atoms. The Kier molecular flexibility index (Phi) is 9.78. The van der Waals surface area contributed by atoms with E-state index in [9.17, 15) is 0 Å². The van der Waals surface area contributed by atoms with Crippen LogP contribution in [0.25, 0.3) is 0 Å². The smallest absolute Gasteiger partial charge is 0.194 e. The van der Waals surface area contributed by atoms with Gasteiger partial charge in [-0.15, -0.1) is 24.0 Å². The number of rotatable bonds is 6. The first-order valence-corrected chi connectivity index (χ1v) is 9.20. The molecule has 0 aromatic carbocycles. The summed E-state index contributed by atoms with van der Waals surface area (Å²) in [6, 6.07) is 2.01. The molecule has 7 heteroatoms. The number of nitrogens with one attached hydrogen (secondary N) is 1. The van der Waals surface area contributed by atoms with E-state index in [0.717, 1.165) is 56.1 Å². The quantitative estimate of drug-likeness (QED) is 0.399. The van der Waals surface area contributed by atoms with Gasteiger partial charge in [-0.25, -0.2) is 4.99 Å². The lowest BCUT2D eigenvalue weighted by molar-refractivity contribution is 0.164. The maximum Gasteiger partial charge on any atom is 0.194 e. The van der Waals surface area contributed by atoms with E-state index in [1.807, 2.05) is 6.07 Å². The summed E-state index contributed by atoms with van der Waals surface area (Å²) in [4.78, 5) is 9.63. The molecule has 25 heavy (non-hydrogen) atoms. The molecule has 0 atom stereocenters. The van der Waals surface area contributed by atoms with E-state index in [1.54, 1.807) is 0 Å². The van der Waals surface area contributed by atoms with Crippen molar-refractivity contribution in [2.24, 2.45) is 10.9 Å². The van der Waals surface area contributed by atoms with Gasteiger partial charge in [-0.2, -0.15) is 0 Å². The molecule has 2 rings (SSSR count). The number of nitrogens with zero attached hydrogens (tertiary/aromatic N) is 4. The van der Waals surface area contributed by atoms with Gasteiger partial charge >= 0.3 is 0 Å². The molecule has 1 N–H and O–H groups in total. The topological polar surface area (TPSA) is 56.9 Å². The second-order valence-corrected chi connectivity index (χ2v) is 7.22. The molecule has 1 aliphatic heterocycles. The molecule has 1 fully saturated rings. The van der Waals surface area contributed by atoms with Crippen LogP contribution in [0, 0.1) is 5.92 Å². The summed E-state index contributed by atoms with van der Waals surface area (Å²) in [5.41, 5.74) is 0.993. The van der Waals surface area contributed by atoms with Crippen LogP contribution >= 0.6 is 24.0 Å². The molecular weight excluding hydrogens is 429 g/mol. The van der Waals surface area contributed by atoms with Crippen molar-refractivity contribution in [2.45, 2.75) is 47.1 Å². The summed E-state index contributed by atoms with van der Waals surface area (Å²) >= 11 is 0. The summed E-state index contributed by atoms with van der Waals surface area (Å²) in [6.07, 6.45) is 0. The number of hydrogen-bond donors (Lipinski definition) is 1. The number of aliphatic imine (C=N–C) groups is 1. The van der Waals surface area contributed by atoms with Crippen LogP contribution in [0.3, 0.4) is 0 Å². The third-order valence-corrected chi connectivity index (χ3v) is 4.18. The Bertz CT molecular complexity index is 521. The molecule has 0 saturated carbocycles. The van der Waals surface area contributed by atoms with Gasteiger partial charge in [0.15, 0.2) is 11.7 Å². The van der Waals surface area contributed by atoms with E-state index in [2.05, 4.69) is 54.9 Å². The average molecular weight is 463 g/mol. The van der Waals surface area contributed by atoms with Crippen molar-refractivity contribution in [1.29, 1.82) is 0 Å². The van der Waals surface area contributed by atoms with Gasteiger partial charge in [0, 0.05) is 45.3 Å². The van der Waals surface area contributed by atoms with Crippen molar-refractivity contribution in [2.75, 3.05) is 39.3 Å². The van der Waals surface area contributed by atoms with Gasteiger partial charge in [-0.1, -0.05) is 32.9 Å². The predicted molar refractivity (Wildman–Crippen MR) is 114 cm³/mol. The summed E-state index contributed by atoms with van der Waals surface area (Å²) in [5, 5.41) is 7.51. The SMILES string of the molecule is CCNC(=NCc1cc(C(C)C)no1)N1CCN(CC(C)C)CC1.I. The number of halogens is 1. The zero-order valence-corrected chi connectivity index (χ0v) is 18.6. The zero-order chi connectivity index (χ0) is 17.5. The third kappa shape index (κ3) is 7.13.